The molecule has 1 aliphatic heterocycles. The molecule has 0 bridgehead atoms. The van der Waals surface area contributed by atoms with Crippen LogP contribution in [-0.2, 0) is 13.5 Å². The molecule has 0 N–H and O–H groups in total. The van der Waals surface area contributed by atoms with Crippen molar-refractivity contribution in [1.82, 2.24) is 0 Å². The van der Waals surface area contributed by atoms with Crippen LogP contribution in [0, 0.1) is 54.1 Å². The average molecular weight is 872 g/mol. The van der Waals surface area contributed by atoms with Gasteiger partial charge in [-0.25, -0.2) is 0 Å². The van der Waals surface area contributed by atoms with Gasteiger partial charge in [0.25, 0.3) is 0 Å². The second kappa shape index (κ2) is 20.1. The molecule has 1 unspecified atom stereocenters. The number of hydrogen-bond acceptors (Lipinski definition) is 2. The summed E-state index contributed by atoms with van der Waals surface area (Å²) in [7, 11) is 13.8. The van der Waals surface area contributed by atoms with Crippen LogP contribution in [0.25, 0.3) is 0 Å². The minimum atomic E-state index is -1.82. The monoisotopic (exact) mass is 871 g/mol. The number of benzene rings is 2. The van der Waals surface area contributed by atoms with E-state index >= 15 is 0 Å². The van der Waals surface area contributed by atoms with E-state index in [1.807, 2.05) is 0 Å². The predicted octanol–water partition coefficient (Wildman–Crippen LogP) is 14.1. The van der Waals surface area contributed by atoms with Gasteiger partial charge in [-0.1, -0.05) is 73.9 Å². The Kier molecular flexibility index (Phi) is 15.6. The van der Waals surface area contributed by atoms with Gasteiger partial charge in [-0.2, -0.15) is 6.67 Å². The van der Waals surface area contributed by atoms with E-state index in [9.17, 15) is 0 Å². The quantitative estimate of drug-likeness (QED) is 0.168. The van der Waals surface area contributed by atoms with Crippen molar-refractivity contribution in [2.75, 3.05) is 22.9 Å². The summed E-state index contributed by atoms with van der Waals surface area (Å²) in [6.45, 7) is 17.6. The molecule has 0 aromatic heterocycles. The number of hydrogen-bond donors (Lipinski definition) is 0. The van der Waals surface area contributed by atoms with E-state index in [2.05, 4.69) is 125 Å². The predicted molar refractivity (Wildman–Crippen MR) is 239 cm³/mol. The van der Waals surface area contributed by atoms with Crippen molar-refractivity contribution in [2.24, 2.45) is 5.92 Å². The molecule has 0 amide bonds. The second-order valence-corrected chi connectivity index (χ2v) is 24.2. The first-order valence-corrected chi connectivity index (χ1v) is 27.2. The van der Waals surface area contributed by atoms with Crippen molar-refractivity contribution in [1.29, 1.82) is 0 Å². The summed E-state index contributed by atoms with van der Waals surface area (Å²) in [5.74, 6) is 0.505. The van der Waals surface area contributed by atoms with E-state index in [1.54, 1.807) is 25.7 Å². The van der Waals surface area contributed by atoms with Crippen LogP contribution >= 0.6 is 28.0 Å². The number of halogens is 2. The van der Waals surface area contributed by atoms with Gasteiger partial charge in [0.2, 0.25) is 0 Å². The van der Waals surface area contributed by atoms with Crippen LogP contribution in [0.1, 0.15) is 117 Å². The number of anilines is 2. The number of allylic oxidation sites excluding steroid dienone is 10. The molecule has 0 spiro atoms. The Balaban J connectivity index is 0.000000144. The summed E-state index contributed by atoms with van der Waals surface area (Å²) in [6, 6.07) is 9.12. The zero-order valence-corrected chi connectivity index (χ0v) is 38.0. The van der Waals surface area contributed by atoms with Gasteiger partial charge in [0.1, 0.15) is 0 Å². The molecular formula is C48H64Cl2N2PRu-. The van der Waals surface area contributed by atoms with Crippen molar-refractivity contribution in [2.45, 2.75) is 136 Å². The Labute approximate surface area is 343 Å². The van der Waals surface area contributed by atoms with Crippen molar-refractivity contribution >= 4 is 43.4 Å². The zero-order chi connectivity index (χ0) is 38.2. The molecule has 6 aliphatic rings. The van der Waals surface area contributed by atoms with Gasteiger partial charge >= 0.3 is 121 Å². The first-order valence-electron chi connectivity index (χ1n) is 20.7. The van der Waals surface area contributed by atoms with Crippen LogP contribution in [-0.4, -0.2) is 28.5 Å². The SMILES string of the molecule is C1CCC(PC2CCCCC2)CC1.Cc1cc(C)c(N2[CH-]N(c3c(C)cc(C)cc3C)CC2)c(C)c1.[Cl][Ru]([Cl])=[C]1C=C(C2C=CC=CC2)C2=C1C=CCC2. The molecule has 294 valence electrons. The minimum absolute atomic E-state index is 0.505. The average Bonchev–Trinajstić information content (AvgIpc) is 3.78. The summed E-state index contributed by atoms with van der Waals surface area (Å²) < 4.78 is 1.21. The summed E-state index contributed by atoms with van der Waals surface area (Å²) >= 11 is -1.82. The van der Waals surface area contributed by atoms with Crippen LogP contribution < -0.4 is 9.80 Å². The third kappa shape index (κ3) is 10.8. The third-order valence-corrected chi connectivity index (χ3v) is 17.2. The Morgan fingerprint density at radius 2 is 1.20 bits per heavy atom. The Morgan fingerprint density at radius 1 is 0.685 bits per heavy atom. The van der Waals surface area contributed by atoms with E-state index in [0.29, 0.717) is 5.92 Å². The Bertz CT molecular complexity index is 1690. The van der Waals surface area contributed by atoms with E-state index < -0.39 is 13.5 Å². The van der Waals surface area contributed by atoms with Crippen molar-refractivity contribution in [3.05, 3.63) is 124 Å². The third-order valence-electron chi connectivity index (χ3n) is 12.0. The van der Waals surface area contributed by atoms with Crippen molar-refractivity contribution in [3.63, 3.8) is 0 Å². The molecule has 1 saturated heterocycles. The van der Waals surface area contributed by atoms with E-state index in [0.717, 1.165) is 43.7 Å². The van der Waals surface area contributed by atoms with E-state index in [-0.39, 0.29) is 0 Å². The van der Waals surface area contributed by atoms with Gasteiger partial charge in [0.05, 0.1) is 0 Å². The molecule has 1 heterocycles. The van der Waals surface area contributed by atoms with Crippen LogP contribution in [0.5, 0.6) is 0 Å². The van der Waals surface area contributed by atoms with Crippen molar-refractivity contribution in [3.8, 4) is 0 Å². The Morgan fingerprint density at radius 3 is 1.67 bits per heavy atom. The number of aryl methyl sites for hydroxylation is 6. The summed E-state index contributed by atoms with van der Waals surface area (Å²) in [6.07, 6.45) is 34.3. The molecule has 5 aliphatic carbocycles. The standard InChI is InChI=1S/C21H27N2.C15H14.C12H23P.2ClH.Ru/c1-14-9-16(3)20(17(4)10-14)22-7-8-23(13-22)21-18(5)11-15(2)12-19(21)6;1-2-6-12(7-3-1)15-11-10-13-8-4-5-9-14(13)15;1-3-7-11(8-4-1)13-12-9-5-2-6-10-12;;;/h9-13H,7-8H2,1-6H3;1-4,6,8,11-12H,5,7,9H2;11-13H,1-10H2;2*1H;/q-1;;;;;+2/p-2. The van der Waals surface area contributed by atoms with Gasteiger partial charge in [-0.05, 0) is 101 Å². The summed E-state index contributed by atoms with van der Waals surface area (Å²) in [5, 5.41) is 0. The molecule has 3 fully saturated rings. The molecule has 54 heavy (non-hydrogen) atoms. The molecule has 0 radical (unpaired) electrons. The normalized spacial score (nSPS) is 21.8. The first-order chi connectivity index (χ1) is 26.1. The number of nitrogens with zero attached hydrogens (tertiary/aromatic N) is 2. The fraction of sp³-hybridized carbons (Fsp3) is 0.500. The maximum absolute atomic E-state index is 6.24. The maximum atomic E-state index is 6.24. The van der Waals surface area contributed by atoms with Crippen LogP contribution in [0.15, 0.2) is 83.5 Å². The van der Waals surface area contributed by atoms with Gasteiger partial charge in [-0.15, -0.1) is 8.58 Å². The second-order valence-electron chi connectivity index (χ2n) is 16.4. The number of rotatable bonds is 5. The van der Waals surface area contributed by atoms with Gasteiger partial charge in [-0.3, -0.25) is 0 Å². The van der Waals surface area contributed by atoms with Gasteiger partial charge in [0.15, 0.2) is 0 Å². The van der Waals surface area contributed by atoms with E-state index in [4.69, 9.17) is 19.4 Å². The first kappa shape index (κ1) is 41.9. The molecule has 6 heteroatoms. The fourth-order valence-corrected chi connectivity index (χ4v) is 14.4. The van der Waals surface area contributed by atoms with Gasteiger partial charge in [0, 0.05) is 24.5 Å². The molecule has 2 nitrogen and oxygen atoms in total. The summed E-state index contributed by atoms with van der Waals surface area (Å²) in [5.41, 5.74) is 17.4. The van der Waals surface area contributed by atoms with Crippen LogP contribution in [0.4, 0.5) is 11.4 Å². The molecular weight excluding hydrogens is 807 g/mol. The summed E-state index contributed by atoms with van der Waals surface area (Å²) in [4.78, 5) is 4.81. The fourth-order valence-electron chi connectivity index (χ4n) is 9.69. The molecule has 1 atom stereocenters. The van der Waals surface area contributed by atoms with Crippen LogP contribution in [0.2, 0.25) is 0 Å². The van der Waals surface area contributed by atoms with Crippen molar-refractivity contribution < 1.29 is 13.5 Å². The molecule has 8 rings (SSSR count). The van der Waals surface area contributed by atoms with Gasteiger partial charge < -0.3 is 9.80 Å². The van der Waals surface area contributed by atoms with Crippen LogP contribution in [0.3, 0.4) is 0 Å². The zero-order valence-electron chi connectivity index (χ0n) is 33.8. The van der Waals surface area contributed by atoms with E-state index in [1.165, 1.54) is 113 Å². The topological polar surface area (TPSA) is 6.48 Å². The Hall–Kier alpha value is -1.76. The molecule has 2 aromatic carbocycles. The molecule has 2 aromatic rings. The molecule has 2 saturated carbocycles.